The normalized spacial score (nSPS) is 12.8. The minimum atomic E-state index is -0.288. The number of benzene rings is 2. The molecule has 0 fully saturated rings. The Kier molecular flexibility index (Phi) is 6.23. The number of thiophene rings is 1. The Labute approximate surface area is 185 Å². The largest absolute Gasteiger partial charge is 0.497 e. The van der Waals surface area contributed by atoms with E-state index < -0.39 is 0 Å². The Morgan fingerprint density at radius 3 is 2.65 bits per heavy atom. The van der Waals surface area contributed by atoms with Crippen LogP contribution in [0.2, 0.25) is 0 Å². The van der Waals surface area contributed by atoms with E-state index in [4.69, 9.17) is 9.47 Å². The van der Waals surface area contributed by atoms with Crippen molar-refractivity contribution in [2.75, 3.05) is 25.6 Å². The van der Waals surface area contributed by atoms with Gasteiger partial charge in [0.15, 0.2) is 6.61 Å². The number of rotatable bonds is 6. The summed E-state index contributed by atoms with van der Waals surface area (Å²) >= 11 is 1.75. The molecule has 0 saturated heterocycles. The van der Waals surface area contributed by atoms with Crippen LogP contribution in [0.4, 0.5) is 5.69 Å². The lowest BCUT2D eigenvalue weighted by molar-refractivity contribution is -0.118. The van der Waals surface area contributed by atoms with Crippen molar-refractivity contribution in [3.05, 3.63) is 75.5 Å². The Hall–Kier alpha value is -3.32. The number of carbonyl (C=O) groups excluding carboxylic acids is 2. The second kappa shape index (κ2) is 9.22. The Bertz CT molecular complexity index is 1090. The summed E-state index contributed by atoms with van der Waals surface area (Å²) in [6.07, 6.45) is 0.886. The van der Waals surface area contributed by atoms with Crippen LogP contribution in [0.1, 0.15) is 26.4 Å². The summed E-state index contributed by atoms with van der Waals surface area (Å²) < 4.78 is 10.6. The van der Waals surface area contributed by atoms with Gasteiger partial charge in [0.25, 0.3) is 11.8 Å². The maximum Gasteiger partial charge on any atom is 0.262 e. The van der Waals surface area contributed by atoms with Crippen LogP contribution < -0.4 is 14.8 Å². The highest BCUT2D eigenvalue weighted by atomic mass is 32.1. The van der Waals surface area contributed by atoms with Crippen LogP contribution in [0, 0.1) is 6.92 Å². The van der Waals surface area contributed by atoms with Crippen molar-refractivity contribution >= 4 is 28.8 Å². The zero-order valence-corrected chi connectivity index (χ0v) is 18.3. The minimum absolute atomic E-state index is 0.0140. The molecule has 4 rings (SSSR count). The molecule has 1 aromatic heterocycles. The topological polar surface area (TPSA) is 67.9 Å². The molecule has 1 aliphatic rings. The highest BCUT2D eigenvalue weighted by Crippen LogP contribution is 2.27. The van der Waals surface area contributed by atoms with Gasteiger partial charge in [0.1, 0.15) is 11.5 Å². The molecule has 0 aliphatic carbocycles. The smallest absolute Gasteiger partial charge is 0.262 e. The molecule has 1 N–H and O–H groups in total. The summed E-state index contributed by atoms with van der Waals surface area (Å²) in [7, 11) is 1.59. The van der Waals surface area contributed by atoms with Crippen molar-refractivity contribution in [1.29, 1.82) is 0 Å². The first-order valence-electron chi connectivity index (χ1n) is 10.1. The first kappa shape index (κ1) is 20.9. The number of hydrogen-bond acceptors (Lipinski definition) is 5. The molecular weight excluding hydrogens is 412 g/mol. The van der Waals surface area contributed by atoms with E-state index in [1.807, 2.05) is 17.9 Å². The molecule has 6 nitrogen and oxygen atoms in total. The fraction of sp³-hybridized carbons (Fsp3) is 0.250. The molecule has 0 saturated carbocycles. The Morgan fingerprint density at radius 1 is 1.10 bits per heavy atom. The van der Waals surface area contributed by atoms with E-state index in [0.717, 1.165) is 17.7 Å². The number of ether oxygens (including phenoxy) is 2. The zero-order chi connectivity index (χ0) is 21.8. The fourth-order valence-electron chi connectivity index (χ4n) is 3.60. The van der Waals surface area contributed by atoms with Crippen LogP contribution in [-0.2, 0) is 17.8 Å². The van der Waals surface area contributed by atoms with Crippen LogP contribution in [0.5, 0.6) is 11.5 Å². The Morgan fingerprint density at radius 2 is 1.87 bits per heavy atom. The molecule has 0 unspecified atom stereocenters. The summed E-state index contributed by atoms with van der Waals surface area (Å²) in [6, 6.07) is 14.5. The summed E-state index contributed by atoms with van der Waals surface area (Å²) in [5.41, 5.74) is 3.19. The van der Waals surface area contributed by atoms with E-state index in [-0.39, 0.29) is 18.4 Å². The number of hydrogen-bond donors (Lipinski definition) is 1. The third kappa shape index (κ3) is 4.72. The van der Waals surface area contributed by atoms with Gasteiger partial charge in [-0.05, 0) is 72.3 Å². The molecule has 3 aromatic rings. The quantitative estimate of drug-likeness (QED) is 0.626. The standard InChI is InChI=1S/C24H24N2O4S/c1-16-20(24(28)26-12-10-22-17(14-26)11-13-31-22)4-3-5-21(16)25-23(27)15-30-19-8-6-18(29-2)7-9-19/h3-9,11,13H,10,12,14-15H2,1-2H3,(H,25,27). The summed E-state index contributed by atoms with van der Waals surface area (Å²) in [6.45, 7) is 3.06. The number of anilines is 1. The first-order chi connectivity index (χ1) is 15.0. The maximum atomic E-state index is 13.1. The number of nitrogens with one attached hydrogen (secondary N) is 1. The highest BCUT2D eigenvalue weighted by molar-refractivity contribution is 7.10. The molecule has 2 amide bonds. The number of carbonyl (C=O) groups is 2. The van der Waals surface area contributed by atoms with E-state index in [0.29, 0.717) is 30.1 Å². The molecule has 2 aromatic carbocycles. The molecule has 1 aliphatic heterocycles. The van der Waals surface area contributed by atoms with Crippen LogP contribution >= 0.6 is 11.3 Å². The predicted molar refractivity (Wildman–Crippen MR) is 121 cm³/mol. The van der Waals surface area contributed by atoms with Gasteiger partial charge in [0, 0.05) is 29.2 Å². The molecule has 7 heteroatoms. The van der Waals surface area contributed by atoms with E-state index in [2.05, 4.69) is 16.8 Å². The number of methoxy groups -OCH3 is 1. The van der Waals surface area contributed by atoms with Gasteiger partial charge in [-0.3, -0.25) is 9.59 Å². The lowest BCUT2D eigenvalue weighted by Crippen LogP contribution is -2.35. The SMILES string of the molecule is COc1ccc(OCC(=O)Nc2cccc(C(=O)N3CCc4sccc4C3)c2C)cc1. The fourth-order valence-corrected chi connectivity index (χ4v) is 4.49. The number of nitrogens with zero attached hydrogens (tertiary/aromatic N) is 1. The third-order valence-electron chi connectivity index (χ3n) is 5.36. The minimum Gasteiger partial charge on any atom is -0.497 e. The van der Waals surface area contributed by atoms with Crippen LogP contribution in [-0.4, -0.2) is 37.0 Å². The van der Waals surface area contributed by atoms with Crippen molar-refractivity contribution < 1.29 is 19.1 Å². The van der Waals surface area contributed by atoms with E-state index in [1.54, 1.807) is 54.8 Å². The van der Waals surface area contributed by atoms with Crippen LogP contribution in [0.25, 0.3) is 0 Å². The second-order valence-corrected chi connectivity index (χ2v) is 8.34. The first-order valence-corrected chi connectivity index (χ1v) is 10.9. The molecular formula is C24H24N2O4S. The molecule has 160 valence electrons. The predicted octanol–water partition coefficient (Wildman–Crippen LogP) is 4.28. The van der Waals surface area contributed by atoms with Gasteiger partial charge >= 0.3 is 0 Å². The van der Waals surface area contributed by atoms with Gasteiger partial charge in [-0.25, -0.2) is 0 Å². The molecule has 31 heavy (non-hydrogen) atoms. The zero-order valence-electron chi connectivity index (χ0n) is 17.5. The van der Waals surface area contributed by atoms with Crippen LogP contribution in [0.3, 0.4) is 0 Å². The second-order valence-electron chi connectivity index (χ2n) is 7.34. The monoisotopic (exact) mass is 436 g/mol. The van der Waals surface area contributed by atoms with E-state index in [9.17, 15) is 9.59 Å². The average molecular weight is 437 g/mol. The maximum absolute atomic E-state index is 13.1. The summed E-state index contributed by atoms with van der Waals surface area (Å²) in [5, 5.41) is 4.93. The van der Waals surface area contributed by atoms with Crippen molar-refractivity contribution in [1.82, 2.24) is 4.90 Å². The number of fused-ring (bicyclic) bond motifs is 1. The van der Waals surface area contributed by atoms with Gasteiger partial charge in [0.05, 0.1) is 7.11 Å². The third-order valence-corrected chi connectivity index (χ3v) is 6.39. The molecule has 2 heterocycles. The van der Waals surface area contributed by atoms with Crippen molar-refractivity contribution in [2.45, 2.75) is 19.9 Å². The molecule has 0 radical (unpaired) electrons. The van der Waals surface area contributed by atoms with Crippen molar-refractivity contribution in [3.63, 3.8) is 0 Å². The van der Waals surface area contributed by atoms with Crippen molar-refractivity contribution in [3.8, 4) is 11.5 Å². The Balaban J connectivity index is 1.40. The van der Waals surface area contributed by atoms with Gasteiger partial charge in [-0.15, -0.1) is 11.3 Å². The average Bonchev–Trinajstić information content (AvgIpc) is 3.27. The van der Waals surface area contributed by atoms with Gasteiger partial charge in [-0.1, -0.05) is 6.07 Å². The van der Waals surface area contributed by atoms with Crippen LogP contribution in [0.15, 0.2) is 53.9 Å². The molecule has 0 atom stereocenters. The summed E-state index contributed by atoms with van der Waals surface area (Å²) in [4.78, 5) is 28.8. The van der Waals surface area contributed by atoms with E-state index >= 15 is 0 Å². The van der Waals surface area contributed by atoms with Gasteiger partial charge in [-0.2, -0.15) is 0 Å². The lowest BCUT2D eigenvalue weighted by atomic mass is 10.0. The molecule has 0 bridgehead atoms. The van der Waals surface area contributed by atoms with Gasteiger partial charge < -0.3 is 19.7 Å². The lowest BCUT2D eigenvalue weighted by Gasteiger charge is -2.28. The molecule has 0 spiro atoms. The summed E-state index contributed by atoms with van der Waals surface area (Å²) in [5.74, 6) is 0.997. The number of amides is 2. The van der Waals surface area contributed by atoms with Gasteiger partial charge in [0.2, 0.25) is 0 Å². The van der Waals surface area contributed by atoms with Crippen molar-refractivity contribution in [2.24, 2.45) is 0 Å². The van der Waals surface area contributed by atoms with E-state index in [1.165, 1.54) is 10.4 Å². The highest BCUT2D eigenvalue weighted by Gasteiger charge is 2.24.